The van der Waals surface area contributed by atoms with E-state index in [-0.39, 0.29) is 11.8 Å². The van der Waals surface area contributed by atoms with Gasteiger partial charge in [0.25, 0.3) is 5.89 Å². The molecule has 0 saturated heterocycles. The SMILES string of the molecule is CCC(C)c1noc(C(O)c2ccccc2)n1. The Labute approximate surface area is 100 Å². The molecule has 0 aliphatic carbocycles. The van der Waals surface area contributed by atoms with Crippen molar-refractivity contribution < 1.29 is 9.63 Å². The molecule has 0 radical (unpaired) electrons. The number of aliphatic hydroxyl groups is 1. The molecule has 17 heavy (non-hydrogen) atoms. The van der Waals surface area contributed by atoms with Crippen molar-refractivity contribution in [1.29, 1.82) is 0 Å². The highest BCUT2D eigenvalue weighted by Crippen LogP contribution is 2.22. The van der Waals surface area contributed by atoms with E-state index in [9.17, 15) is 5.11 Å². The molecule has 2 atom stereocenters. The quantitative estimate of drug-likeness (QED) is 0.880. The summed E-state index contributed by atoms with van der Waals surface area (Å²) in [6.07, 6.45) is 0.0990. The molecule has 4 heteroatoms. The minimum Gasteiger partial charge on any atom is -0.378 e. The Bertz CT molecular complexity index is 467. The Kier molecular flexibility index (Phi) is 3.54. The van der Waals surface area contributed by atoms with E-state index in [4.69, 9.17) is 4.52 Å². The Hall–Kier alpha value is -1.68. The van der Waals surface area contributed by atoms with Crippen LogP contribution in [0.3, 0.4) is 0 Å². The van der Waals surface area contributed by atoms with Crippen LogP contribution in [0, 0.1) is 0 Å². The maximum absolute atomic E-state index is 10.1. The van der Waals surface area contributed by atoms with Crippen LogP contribution in [0.2, 0.25) is 0 Å². The molecule has 0 saturated carbocycles. The standard InChI is InChI=1S/C13H16N2O2/c1-3-9(2)12-14-13(17-15-12)11(16)10-7-5-4-6-8-10/h4-9,11,16H,3H2,1-2H3. The average Bonchev–Trinajstić information content (AvgIpc) is 2.87. The number of rotatable bonds is 4. The smallest absolute Gasteiger partial charge is 0.260 e. The molecule has 0 aliphatic rings. The fourth-order valence-electron chi connectivity index (χ4n) is 1.52. The van der Waals surface area contributed by atoms with Crippen LogP contribution in [-0.2, 0) is 0 Å². The summed E-state index contributed by atoms with van der Waals surface area (Å²) in [5.41, 5.74) is 0.756. The third-order valence-electron chi connectivity index (χ3n) is 2.86. The zero-order chi connectivity index (χ0) is 12.3. The second-order valence-corrected chi connectivity index (χ2v) is 4.11. The molecule has 0 spiro atoms. The van der Waals surface area contributed by atoms with Gasteiger partial charge in [-0.1, -0.05) is 49.3 Å². The average molecular weight is 232 g/mol. The van der Waals surface area contributed by atoms with Gasteiger partial charge in [0.05, 0.1) is 0 Å². The van der Waals surface area contributed by atoms with E-state index >= 15 is 0 Å². The second-order valence-electron chi connectivity index (χ2n) is 4.11. The Morgan fingerprint density at radius 3 is 2.65 bits per heavy atom. The molecule has 1 aromatic carbocycles. The third-order valence-corrected chi connectivity index (χ3v) is 2.86. The van der Waals surface area contributed by atoms with Crippen LogP contribution in [0.1, 0.15) is 49.6 Å². The molecule has 2 unspecified atom stereocenters. The van der Waals surface area contributed by atoms with Crippen LogP contribution in [-0.4, -0.2) is 15.2 Å². The maximum Gasteiger partial charge on any atom is 0.260 e. The van der Waals surface area contributed by atoms with Gasteiger partial charge in [-0.05, 0) is 12.0 Å². The molecule has 4 nitrogen and oxygen atoms in total. The van der Waals surface area contributed by atoms with Crippen LogP contribution < -0.4 is 0 Å². The highest BCUT2D eigenvalue weighted by Gasteiger charge is 2.19. The van der Waals surface area contributed by atoms with E-state index in [1.165, 1.54) is 0 Å². The van der Waals surface area contributed by atoms with Gasteiger partial charge in [-0.3, -0.25) is 0 Å². The first-order valence-corrected chi connectivity index (χ1v) is 5.79. The number of hydrogen-bond acceptors (Lipinski definition) is 4. The summed E-state index contributed by atoms with van der Waals surface area (Å²) in [6, 6.07) is 9.29. The molecule has 0 amide bonds. The fourth-order valence-corrected chi connectivity index (χ4v) is 1.52. The van der Waals surface area contributed by atoms with Gasteiger partial charge in [-0.2, -0.15) is 4.98 Å². The maximum atomic E-state index is 10.1. The summed E-state index contributed by atoms with van der Waals surface area (Å²) in [5, 5.41) is 14.0. The third kappa shape index (κ3) is 2.53. The molecule has 0 aliphatic heterocycles. The van der Waals surface area contributed by atoms with E-state index in [0.717, 1.165) is 12.0 Å². The summed E-state index contributed by atoms with van der Waals surface area (Å²) in [5.74, 6) is 1.15. The van der Waals surface area contributed by atoms with Gasteiger partial charge in [-0.15, -0.1) is 0 Å². The molecule has 0 bridgehead atoms. The minimum atomic E-state index is -0.846. The van der Waals surface area contributed by atoms with Crippen molar-refractivity contribution >= 4 is 0 Å². The zero-order valence-electron chi connectivity index (χ0n) is 10.00. The first-order chi connectivity index (χ1) is 8.22. The Morgan fingerprint density at radius 2 is 2.00 bits per heavy atom. The van der Waals surface area contributed by atoms with E-state index in [2.05, 4.69) is 17.1 Å². The molecule has 1 N–H and O–H groups in total. The van der Waals surface area contributed by atoms with Gasteiger partial charge in [-0.25, -0.2) is 0 Å². The van der Waals surface area contributed by atoms with Crippen molar-refractivity contribution in [3.63, 3.8) is 0 Å². The van der Waals surface area contributed by atoms with Crippen molar-refractivity contribution in [2.24, 2.45) is 0 Å². The molecule has 90 valence electrons. The Morgan fingerprint density at radius 1 is 1.29 bits per heavy atom. The fraction of sp³-hybridized carbons (Fsp3) is 0.385. The normalized spacial score (nSPS) is 14.5. The largest absolute Gasteiger partial charge is 0.378 e. The van der Waals surface area contributed by atoms with Crippen LogP contribution in [0.5, 0.6) is 0 Å². The van der Waals surface area contributed by atoms with Gasteiger partial charge < -0.3 is 9.63 Å². The van der Waals surface area contributed by atoms with Crippen molar-refractivity contribution in [1.82, 2.24) is 10.1 Å². The van der Waals surface area contributed by atoms with Gasteiger partial charge >= 0.3 is 0 Å². The topological polar surface area (TPSA) is 59.2 Å². The lowest BCUT2D eigenvalue weighted by atomic mass is 10.1. The number of hydrogen-bond donors (Lipinski definition) is 1. The highest BCUT2D eigenvalue weighted by molar-refractivity contribution is 5.21. The Balaban J connectivity index is 2.20. The lowest BCUT2D eigenvalue weighted by Crippen LogP contribution is -2.00. The number of aromatic nitrogens is 2. The van der Waals surface area contributed by atoms with Gasteiger partial charge in [0, 0.05) is 5.92 Å². The van der Waals surface area contributed by atoms with Gasteiger partial charge in [0.2, 0.25) is 0 Å². The van der Waals surface area contributed by atoms with E-state index in [0.29, 0.717) is 5.82 Å². The molecule has 1 aromatic heterocycles. The van der Waals surface area contributed by atoms with E-state index in [1.807, 2.05) is 37.3 Å². The van der Waals surface area contributed by atoms with Crippen molar-refractivity contribution in [2.45, 2.75) is 32.3 Å². The van der Waals surface area contributed by atoms with E-state index in [1.54, 1.807) is 0 Å². The molecule has 2 aromatic rings. The zero-order valence-corrected chi connectivity index (χ0v) is 10.00. The lowest BCUT2D eigenvalue weighted by molar-refractivity contribution is 0.170. The molecule has 1 heterocycles. The van der Waals surface area contributed by atoms with Crippen LogP contribution in [0.4, 0.5) is 0 Å². The molecular weight excluding hydrogens is 216 g/mol. The summed E-state index contributed by atoms with van der Waals surface area (Å²) in [6.45, 7) is 4.10. The van der Waals surface area contributed by atoms with Crippen molar-refractivity contribution in [3.8, 4) is 0 Å². The van der Waals surface area contributed by atoms with Gasteiger partial charge in [0.15, 0.2) is 11.9 Å². The predicted molar refractivity (Wildman–Crippen MR) is 63.5 cm³/mol. The van der Waals surface area contributed by atoms with E-state index < -0.39 is 6.10 Å². The van der Waals surface area contributed by atoms with Gasteiger partial charge in [0.1, 0.15) is 0 Å². The summed E-state index contributed by atoms with van der Waals surface area (Å²) in [7, 11) is 0. The van der Waals surface area contributed by atoms with Crippen molar-refractivity contribution in [3.05, 3.63) is 47.6 Å². The summed E-state index contributed by atoms with van der Waals surface area (Å²) in [4.78, 5) is 4.23. The lowest BCUT2D eigenvalue weighted by Gasteiger charge is -2.04. The summed E-state index contributed by atoms with van der Waals surface area (Å²) >= 11 is 0. The molecule has 2 rings (SSSR count). The first-order valence-electron chi connectivity index (χ1n) is 5.79. The van der Waals surface area contributed by atoms with Crippen LogP contribution in [0.25, 0.3) is 0 Å². The number of nitrogens with zero attached hydrogens (tertiary/aromatic N) is 2. The molecular formula is C13H16N2O2. The number of aliphatic hydroxyl groups excluding tert-OH is 1. The van der Waals surface area contributed by atoms with Crippen LogP contribution >= 0.6 is 0 Å². The minimum absolute atomic E-state index is 0.246. The predicted octanol–water partition coefficient (Wildman–Crippen LogP) is 2.66. The highest BCUT2D eigenvalue weighted by atomic mass is 16.5. The van der Waals surface area contributed by atoms with Crippen molar-refractivity contribution in [2.75, 3.05) is 0 Å². The second kappa shape index (κ2) is 5.10. The first kappa shape index (κ1) is 11.8. The molecule has 0 fully saturated rings. The van der Waals surface area contributed by atoms with Crippen LogP contribution in [0.15, 0.2) is 34.9 Å². The monoisotopic (exact) mass is 232 g/mol. The number of benzene rings is 1. The summed E-state index contributed by atoms with van der Waals surface area (Å²) < 4.78 is 5.09.